The maximum absolute atomic E-state index is 13.3. The highest BCUT2D eigenvalue weighted by molar-refractivity contribution is 8.26. The number of amides is 2. The normalized spacial score (nSPS) is 15.4. The van der Waals surface area contributed by atoms with Crippen molar-refractivity contribution in [3.8, 4) is 22.8 Å². The number of thioether (sulfide) groups is 1. The lowest BCUT2D eigenvalue weighted by atomic mass is 9.93. The lowest BCUT2D eigenvalue weighted by Gasteiger charge is -2.26. The Kier molecular flexibility index (Phi) is 14.7. The number of carbonyl (C=O) groups excluding carboxylic acids is 3. The summed E-state index contributed by atoms with van der Waals surface area (Å²) < 4.78 is 22.9. The summed E-state index contributed by atoms with van der Waals surface area (Å²) in [7, 11) is 1.45. The van der Waals surface area contributed by atoms with E-state index in [2.05, 4.69) is 19.2 Å². The van der Waals surface area contributed by atoms with Crippen LogP contribution in [-0.2, 0) is 30.5 Å². The zero-order valence-corrected chi connectivity index (χ0v) is 30.8. The van der Waals surface area contributed by atoms with Crippen LogP contribution in [0.2, 0.25) is 0 Å². The van der Waals surface area contributed by atoms with Crippen LogP contribution < -0.4 is 14.8 Å². The van der Waals surface area contributed by atoms with Crippen molar-refractivity contribution >= 4 is 58.1 Å². The highest BCUT2D eigenvalue weighted by Gasteiger charge is 2.36. The maximum atomic E-state index is 13.3. The first-order valence-electron chi connectivity index (χ1n) is 16.9. The number of ether oxygens (including phenoxy) is 3. The van der Waals surface area contributed by atoms with E-state index in [1.165, 1.54) is 18.9 Å². The SMILES string of the molecule is CCCC(CC)CC(C)N1C(=O)/C(=C/c2ccc(-c3ccc(OC)c(OCC(=O)NC(CCC(=O)OCc4ccccc4)C(=O)O)c3)o2)SC1=S. The van der Waals surface area contributed by atoms with Gasteiger partial charge in [-0.05, 0) is 61.6 Å². The molecule has 13 heteroatoms. The van der Waals surface area contributed by atoms with Gasteiger partial charge in [0.1, 0.15) is 28.5 Å². The molecule has 3 aromatic rings. The first-order valence-corrected chi connectivity index (χ1v) is 18.1. The molecule has 1 aliphatic heterocycles. The van der Waals surface area contributed by atoms with Crippen molar-refractivity contribution in [1.29, 1.82) is 0 Å². The first kappa shape index (κ1) is 39.2. The molecule has 0 saturated carbocycles. The van der Waals surface area contributed by atoms with Crippen molar-refractivity contribution in [3.63, 3.8) is 0 Å². The molecule has 0 bridgehead atoms. The zero-order chi connectivity index (χ0) is 36.9. The van der Waals surface area contributed by atoms with Gasteiger partial charge in [-0.15, -0.1) is 0 Å². The molecule has 0 aliphatic carbocycles. The molecule has 3 unspecified atom stereocenters. The van der Waals surface area contributed by atoms with Crippen LogP contribution in [0.25, 0.3) is 17.4 Å². The van der Waals surface area contributed by atoms with Gasteiger partial charge in [-0.2, -0.15) is 0 Å². The van der Waals surface area contributed by atoms with Gasteiger partial charge in [-0.3, -0.25) is 19.3 Å². The Labute approximate surface area is 307 Å². The molecule has 2 amide bonds. The molecule has 1 aromatic heterocycles. The lowest BCUT2D eigenvalue weighted by Crippen LogP contribution is -2.43. The minimum absolute atomic E-state index is 0.00385. The predicted octanol–water partition coefficient (Wildman–Crippen LogP) is 7.23. The fraction of sp³-hybridized carbons (Fsp3) is 0.395. The summed E-state index contributed by atoms with van der Waals surface area (Å²) in [5, 5.41) is 12.0. The number of benzene rings is 2. The first-order chi connectivity index (χ1) is 24.5. The monoisotopic (exact) mass is 736 g/mol. The van der Waals surface area contributed by atoms with Gasteiger partial charge in [0.05, 0.1) is 12.0 Å². The standard InChI is InChI=1S/C38H44N2O9S2/c1-5-10-25(6-2)19-24(3)40-36(43)33(51-38(40)50)21-28-14-17-30(49-28)27-13-16-31(46-4)32(20-27)47-23-34(41)39-29(37(44)45)15-18-35(42)48-22-26-11-8-7-9-12-26/h7-9,11-14,16-17,20-21,24-25,29H,5-6,10,15,18-19,22-23H2,1-4H3,(H,39,41)(H,44,45)/b33-21-. The molecule has 1 saturated heterocycles. The number of nitrogens with zero attached hydrogens (tertiary/aromatic N) is 1. The molecular formula is C38H44N2O9S2. The molecule has 1 fully saturated rings. The summed E-state index contributed by atoms with van der Waals surface area (Å²) in [6.45, 7) is 5.95. The van der Waals surface area contributed by atoms with Crippen molar-refractivity contribution in [3.05, 3.63) is 76.9 Å². The minimum atomic E-state index is -1.32. The molecule has 2 heterocycles. The van der Waals surface area contributed by atoms with Crippen LogP contribution in [0.4, 0.5) is 0 Å². The largest absolute Gasteiger partial charge is 0.493 e. The molecule has 2 aromatic carbocycles. The number of carbonyl (C=O) groups is 4. The van der Waals surface area contributed by atoms with Gasteiger partial charge >= 0.3 is 11.9 Å². The molecule has 0 radical (unpaired) electrons. The second-order valence-corrected chi connectivity index (χ2v) is 13.9. The summed E-state index contributed by atoms with van der Waals surface area (Å²) in [6, 6.07) is 16.3. The fourth-order valence-corrected chi connectivity index (χ4v) is 7.15. The molecule has 272 valence electrons. The van der Waals surface area contributed by atoms with Crippen molar-refractivity contribution in [2.75, 3.05) is 13.7 Å². The predicted molar refractivity (Wildman–Crippen MR) is 199 cm³/mol. The molecule has 3 atom stereocenters. The van der Waals surface area contributed by atoms with Gasteiger partial charge < -0.3 is 29.1 Å². The highest BCUT2D eigenvalue weighted by atomic mass is 32.2. The quantitative estimate of drug-likeness (QED) is 0.0731. The number of methoxy groups -OCH3 is 1. The zero-order valence-electron chi connectivity index (χ0n) is 29.2. The average molecular weight is 737 g/mol. The molecule has 1 aliphatic rings. The Morgan fingerprint density at radius 3 is 2.51 bits per heavy atom. The highest BCUT2D eigenvalue weighted by Crippen LogP contribution is 2.37. The molecule has 11 nitrogen and oxygen atoms in total. The number of thiocarbonyl (C=S) groups is 1. The van der Waals surface area contributed by atoms with Crippen molar-refractivity contribution in [1.82, 2.24) is 10.2 Å². The van der Waals surface area contributed by atoms with Crippen LogP contribution in [0.3, 0.4) is 0 Å². The smallest absolute Gasteiger partial charge is 0.326 e. The summed E-state index contributed by atoms with van der Waals surface area (Å²) in [6.07, 6.45) is 5.51. The Hall–Kier alpha value is -4.62. The van der Waals surface area contributed by atoms with E-state index in [4.69, 9.17) is 30.8 Å². The van der Waals surface area contributed by atoms with E-state index in [1.807, 2.05) is 37.3 Å². The molecule has 4 rings (SSSR count). The van der Waals surface area contributed by atoms with Crippen LogP contribution >= 0.6 is 24.0 Å². The van der Waals surface area contributed by atoms with Crippen LogP contribution in [0, 0.1) is 5.92 Å². The number of hydrogen-bond donors (Lipinski definition) is 2. The van der Waals surface area contributed by atoms with Gasteiger partial charge in [0.2, 0.25) is 0 Å². The number of aliphatic carboxylic acids is 1. The third-order valence-corrected chi connectivity index (χ3v) is 9.76. The number of rotatable bonds is 19. The molecule has 51 heavy (non-hydrogen) atoms. The van der Waals surface area contributed by atoms with E-state index < -0.39 is 30.5 Å². The van der Waals surface area contributed by atoms with Gasteiger partial charge in [0, 0.05) is 24.1 Å². The van der Waals surface area contributed by atoms with Crippen LogP contribution in [0.15, 0.2) is 70.0 Å². The summed E-state index contributed by atoms with van der Waals surface area (Å²) >= 11 is 6.84. The van der Waals surface area contributed by atoms with E-state index in [9.17, 15) is 24.3 Å². The number of furan rings is 1. The third-order valence-electron chi connectivity index (χ3n) is 8.43. The second kappa shape index (κ2) is 19.1. The van der Waals surface area contributed by atoms with E-state index in [1.54, 1.807) is 41.3 Å². The van der Waals surface area contributed by atoms with E-state index >= 15 is 0 Å². The minimum Gasteiger partial charge on any atom is -0.493 e. The fourth-order valence-electron chi connectivity index (χ4n) is 5.71. The van der Waals surface area contributed by atoms with Gasteiger partial charge in [0.15, 0.2) is 18.1 Å². The Morgan fingerprint density at radius 2 is 1.82 bits per heavy atom. The number of carboxylic acid groups (broad SMARTS) is 1. The van der Waals surface area contributed by atoms with Gasteiger partial charge in [-0.1, -0.05) is 87.4 Å². The molecule has 0 spiro atoms. The number of carboxylic acids is 1. The Balaban J connectivity index is 1.35. The van der Waals surface area contributed by atoms with Crippen molar-refractivity contribution in [2.45, 2.75) is 78.0 Å². The van der Waals surface area contributed by atoms with E-state index in [0.717, 1.165) is 31.2 Å². The van der Waals surface area contributed by atoms with Crippen LogP contribution in [0.1, 0.15) is 70.6 Å². The maximum Gasteiger partial charge on any atom is 0.326 e. The van der Waals surface area contributed by atoms with E-state index in [-0.39, 0.29) is 37.1 Å². The summed E-state index contributed by atoms with van der Waals surface area (Å²) in [5.74, 6) is -0.641. The molecule has 2 N–H and O–H groups in total. The third kappa shape index (κ3) is 11.2. The number of hydrogen-bond acceptors (Lipinski definition) is 10. The second-order valence-electron chi connectivity index (χ2n) is 12.2. The average Bonchev–Trinajstić information content (AvgIpc) is 3.70. The lowest BCUT2D eigenvalue weighted by molar-refractivity contribution is -0.146. The summed E-state index contributed by atoms with van der Waals surface area (Å²) in [5.41, 5.74) is 1.42. The number of nitrogens with one attached hydrogen (secondary N) is 1. The summed E-state index contributed by atoms with van der Waals surface area (Å²) in [4.78, 5) is 52.2. The van der Waals surface area contributed by atoms with E-state index in [0.29, 0.717) is 38.0 Å². The van der Waals surface area contributed by atoms with Gasteiger partial charge in [-0.25, -0.2) is 4.79 Å². The molecular weight excluding hydrogens is 693 g/mol. The topological polar surface area (TPSA) is 145 Å². The van der Waals surface area contributed by atoms with Crippen LogP contribution in [0.5, 0.6) is 11.5 Å². The Bertz CT molecular complexity index is 1720. The van der Waals surface area contributed by atoms with Gasteiger partial charge in [0.25, 0.3) is 11.8 Å². The van der Waals surface area contributed by atoms with Crippen molar-refractivity contribution < 1.29 is 42.9 Å². The number of esters is 1. The Morgan fingerprint density at radius 1 is 1.06 bits per heavy atom. The van der Waals surface area contributed by atoms with Crippen LogP contribution in [-0.4, -0.2) is 63.9 Å². The van der Waals surface area contributed by atoms with Crippen molar-refractivity contribution in [2.24, 2.45) is 5.92 Å².